The number of benzene rings is 7. The monoisotopic (exact) mass is 667 g/mol. The molecule has 0 bridgehead atoms. The van der Waals surface area contributed by atoms with Gasteiger partial charge in [-0.1, -0.05) is 121 Å². The van der Waals surface area contributed by atoms with Crippen molar-refractivity contribution in [2.24, 2.45) is 0 Å². The average Bonchev–Trinajstić information content (AvgIpc) is 3.79. The van der Waals surface area contributed by atoms with Crippen LogP contribution in [0, 0.1) is 0 Å². The molecule has 7 aromatic carbocycles. The Kier molecular flexibility index (Phi) is 6.31. The maximum absolute atomic E-state index is 6.30. The van der Waals surface area contributed by atoms with Crippen molar-refractivity contribution in [2.45, 2.75) is 12.8 Å². The van der Waals surface area contributed by atoms with E-state index in [0.717, 1.165) is 84.0 Å². The molecule has 0 radical (unpaired) electrons. The molecule has 11 rings (SSSR count). The van der Waals surface area contributed by atoms with Crippen LogP contribution in [0.5, 0.6) is 0 Å². The molecule has 0 spiro atoms. The fourth-order valence-corrected chi connectivity index (χ4v) is 8.08. The number of hydrogen-bond donors (Lipinski definition) is 0. The number of nitrogens with zero attached hydrogens (tertiary/aromatic N) is 3. The van der Waals surface area contributed by atoms with Crippen molar-refractivity contribution in [3.63, 3.8) is 0 Å². The lowest BCUT2D eigenvalue weighted by atomic mass is 9.89. The first-order chi connectivity index (χ1) is 25.8. The molecule has 0 fully saturated rings. The third-order valence-electron chi connectivity index (χ3n) is 10.4. The van der Waals surface area contributed by atoms with Gasteiger partial charge < -0.3 is 8.83 Å². The summed E-state index contributed by atoms with van der Waals surface area (Å²) >= 11 is 0. The van der Waals surface area contributed by atoms with Crippen LogP contribution in [0.4, 0.5) is 0 Å². The fourth-order valence-electron chi connectivity index (χ4n) is 8.08. The normalized spacial score (nSPS) is 13.0. The SMILES string of the molecule is C1=c2c(-c3nc(-c4ccc5ccccc5c4)nc(-c4cccc5oc6ccccc6c45)n3)cccc2=C(c2cccc3oc4ccccc4c23)CC1. The molecular weight excluding hydrogens is 639 g/mol. The van der Waals surface area contributed by atoms with Gasteiger partial charge in [-0.25, -0.2) is 15.0 Å². The van der Waals surface area contributed by atoms with Crippen LogP contribution in [0.25, 0.3) is 100 Å². The predicted octanol–water partition coefficient (Wildman–Crippen LogP) is 10.6. The Morgan fingerprint density at radius 1 is 0.442 bits per heavy atom. The zero-order valence-corrected chi connectivity index (χ0v) is 28.0. The van der Waals surface area contributed by atoms with Crippen LogP contribution < -0.4 is 10.4 Å². The van der Waals surface area contributed by atoms with Crippen LogP contribution in [-0.4, -0.2) is 15.0 Å². The third-order valence-corrected chi connectivity index (χ3v) is 10.4. The lowest BCUT2D eigenvalue weighted by molar-refractivity contribution is 0.668. The van der Waals surface area contributed by atoms with E-state index in [1.54, 1.807) is 0 Å². The lowest BCUT2D eigenvalue weighted by Crippen LogP contribution is -2.32. The fraction of sp³-hybridized carbons (Fsp3) is 0.0426. The Balaban J connectivity index is 1.18. The summed E-state index contributed by atoms with van der Waals surface area (Å²) in [7, 11) is 0. The van der Waals surface area contributed by atoms with Gasteiger partial charge in [0, 0.05) is 38.2 Å². The predicted molar refractivity (Wildman–Crippen MR) is 210 cm³/mol. The van der Waals surface area contributed by atoms with Crippen molar-refractivity contribution < 1.29 is 8.83 Å². The largest absolute Gasteiger partial charge is 0.456 e. The Hall–Kier alpha value is -6.85. The number of para-hydroxylation sites is 2. The maximum Gasteiger partial charge on any atom is 0.164 e. The van der Waals surface area contributed by atoms with Crippen LogP contribution in [0.1, 0.15) is 18.4 Å². The van der Waals surface area contributed by atoms with Crippen LogP contribution in [0.15, 0.2) is 154 Å². The molecule has 10 aromatic rings. The first-order valence-corrected chi connectivity index (χ1v) is 17.7. The number of rotatable bonds is 4. The van der Waals surface area contributed by atoms with E-state index in [0.29, 0.717) is 17.5 Å². The summed E-state index contributed by atoms with van der Waals surface area (Å²) in [5.74, 6) is 1.87. The van der Waals surface area contributed by atoms with Gasteiger partial charge in [-0.15, -0.1) is 0 Å². The maximum atomic E-state index is 6.30. The summed E-state index contributed by atoms with van der Waals surface area (Å²) < 4.78 is 12.6. The second kappa shape index (κ2) is 11.3. The summed E-state index contributed by atoms with van der Waals surface area (Å²) in [6.07, 6.45) is 4.17. The van der Waals surface area contributed by atoms with Gasteiger partial charge in [0.25, 0.3) is 0 Å². The van der Waals surface area contributed by atoms with Crippen molar-refractivity contribution in [1.82, 2.24) is 15.0 Å². The molecule has 244 valence electrons. The molecule has 0 amide bonds. The first-order valence-electron chi connectivity index (χ1n) is 17.7. The van der Waals surface area contributed by atoms with Crippen molar-refractivity contribution >= 4 is 66.3 Å². The second-order valence-corrected chi connectivity index (χ2v) is 13.4. The van der Waals surface area contributed by atoms with Crippen LogP contribution in [0.3, 0.4) is 0 Å². The van der Waals surface area contributed by atoms with Crippen molar-refractivity contribution in [2.75, 3.05) is 0 Å². The molecule has 1 aliphatic carbocycles. The smallest absolute Gasteiger partial charge is 0.164 e. The number of hydrogen-bond acceptors (Lipinski definition) is 5. The standard InChI is InChI=1S/C47H29N3O2/c1-2-12-29-27-30(26-25-28(29)11-1)45-48-46(50-47(49-45)38-20-10-24-42-44(38)37-14-4-6-22-40(37)52-42)35-19-8-15-31-32(16-7-17-33(31)35)34-18-9-23-41-43(34)36-13-3-5-21-39(36)51-41/h1-6,8-15,17-27H,7,16H2. The first kappa shape index (κ1) is 28.9. The highest BCUT2D eigenvalue weighted by Crippen LogP contribution is 2.38. The van der Waals surface area contributed by atoms with E-state index in [1.165, 1.54) is 21.7 Å². The van der Waals surface area contributed by atoms with Crippen LogP contribution >= 0.6 is 0 Å². The summed E-state index contributed by atoms with van der Waals surface area (Å²) in [6, 6.07) is 50.2. The molecule has 5 heteroatoms. The molecule has 0 atom stereocenters. The van der Waals surface area contributed by atoms with Crippen LogP contribution in [-0.2, 0) is 0 Å². The second-order valence-electron chi connectivity index (χ2n) is 13.4. The highest BCUT2D eigenvalue weighted by molar-refractivity contribution is 6.12. The summed E-state index contributed by atoms with van der Waals surface area (Å²) in [4.78, 5) is 15.7. The zero-order chi connectivity index (χ0) is 34.2. The molecule has 0 aliphatic heterocycles. The van der Waals surface area contributed by atoms with Crippen molar-refractivity contribution in [1.29, 1.82) is 0 Å². The van der Waals surface area contributed by atoms with Gasteiger partial charge in [-0.05, 0) is 75.5 Å². The van der Waals surface area contributed by atoms with E-state index >= 15 is 0 Å². The van der Waals surface area contributed by atoms with E-state index in [2.05, 4.69) is 109 Å². The average molecular weight is 668 g/mol. The Bertz CT molecular complexity index is 3210. The molecule has 5 nitrogen and oxygen atoms in total. The van der Waals surface area contributed by atoms with Gasteiger partial charge in [-0.3, -0.25) is 0 Å². The molecule has 0 saturated carbocycles. The molecular formula is C47H29N3O2. The molecule has 1 aliphatic rings. The molecule has 0 N–H and O–H groups in total. The Morgan fingerprint density at radius 3 is 1.79 bits per heavy atom. The Labute approximate surface area is 297 Å². The minimum Gasteiger partial charge on any atom is -0.456 e. The summed E-state index contributed by atoms with van der Waals surface area (Å²) in [5, 5.41) is 8.97. The minimum absolute atomic E-state index is 0.609. The van der Waals surface area contributed by atoms with Gasteiger partial charge in [0.15, 0.2) is 17.5 Å². The Morgan fingerprint density at radius 2 is 1.02 bits per heavy atom. The van der Waals surface area contributed by atoms with E-state index in [9.17, 15) is 0 Å². The number of furan rings is 2. The molecule has 3 heterocycles. The van der Waals surface area contributed by atoms with Crippen molar-refractivity contribution in [3.8, 4) is 34.2 Å². The number of fused-ring (bicyclic) bond motifs is 8. The highest BCUT2D eigenvalue weighted by atomic mass is 16.3. The lowest BCUT2D eigenvalue weighted by Gasteiger charge is -2.15. The topological polar surface area (TPSA) is 65.0 Å². The van der Waals surface area contributed by atoms with E-state index in [4.69, 9.17) is 23.8 Å². The quantitative estimate of drug-likeness (QED) is 0.187. The molecule has 0 unspecified atom stereocenters. The van der Waals surface area contributed by atoms with E-state index < -0.39 is 0 Å². The van der Waals surface area contributed by atoms with Gasteiger partial charge in [-0.2, -0.15) is 0 Å². The summed E-state index contributed by atoms with van der Waals surface area (Å²) in [6.45, 7) is 0. The van der Waals surface area contributed by atoms with Gasteiger partial charge in [0.2, 0.25) is 0 Å². The highest BCUT2D eigenvalue weighted by Gasteiger charge is 2.20. The van der Waals surface area contributed by atoms with Crippen LogP contribution in [0.2, 0.25) is 0 Å². The summed E-state index contributed by atoms with van der Waals surface area (Å²) in [5.41, 5.74) is 8.79. The number of aromatic nitrogens is 3. The van der Waals surface area contributed by atoms with Gasteiger partial charge in [0.1, 0.15) is 22.3 Å². The van der Waals surface area contributed by atoms with Crippen molar-refractivity contribution in [3.05, 3.63) is 162 Å². The third kappa shape index (κ3) is 4.46. The minimum atomic E-state index is 0.609. The van der Waals surface area contributed by atoms with E-state index in [1.807, 2.05) is 42.5 Å². The molecule has 0 saturated heterocycles. The molecule has 3 aromatic heterocycles. The van der Waals surface area contributed by atoms with E-state index in [-0.39, 0.29) is 0 Å². The van der Waals surface area contributed by atoms with Gasteiger partial charge >= 0.3 is 0 Å². The van der Waals surface area contributed by atoms with Gasteiger partial charge in [0.05, 0.1) is 0 Å². The zero-order valence-electron chi connectivity index (χ0n) is 28.0. The molecule has 52 heavy (non-hydrogen) atoms.